The van der Waals surface area contributed by atoms with Gasteiger partial charge < -0.3 is 11.5 Å². The standard InChI is InChI=1S/C7H10N2.2ClH/c8-5-6-3-1-2-4-7(6)9;;/h1-4H,5,8-9H2;2*1H. The summed E-state index contributed by atoms with van der Waals surface area (Å²) in [5.41, 5.74) is 12.7. The van der Waals surface area contributed by atoms with Crippen molar-refractivity contribution in [2.45, 2.75) is 6.54 Å². The fourth-order valence-electron chi connectivity index (χ4n) is 0.720. The maximum absolute atomic E-state index is 5.55. The Bertz CT molecular complexity index is 203. The number of nitrogen functional groups attached to an aromatic ring is 1. The number of anilines is 1. The lowest BCUT2D eigenvalue weighted by Gasteiger charge is -1.98. The number of hydrogen-bond donors (Lipinski definition) is 2. The van der Waals surface area contributed by atoms with Gasteiger partial charge in [0.1, 0.15) is 0 Å². The fourth-order valence-corrected chi connectivity index (χ4v) is 0.720. The van der Waals surface area contributed by atoms with E-state index in [1.54, 1.807) is 0 Å². The van der Waals surface area contributed by atoms with Crippen molar-refractivity contribution < 1.29 is 0 Å². The number of halogens is 2. The second-order valence-electron chi connectivity index (χ2n) is 1.90. The first-order valence-corrected chi connectivity index (χ1v) is 2.88. The summed E-state index contributed by atoms with van der Waals surface area (Å²) in [4.78, 5) is 0. The van der Waals surface area contributed by atoms with Crippen LogP contribution < -0.4 is 11.5 Å². The second kappa shape index (κ2) is 6.28. The Morgan fingerprint density at radius 1 is 1.09 bits per heavy atom. The lowest BCUT2D eigenvalue weighted by atomic mass is 10.2. The Morgan fingerprint density at radius 3 is 2.00 bits per heavy atom. The maximum atomic E-state index is 5.55. The van der Waals surface area contributed by atoms with E-state index < -0.39 is 0 Å². The molecule has 4 heteroatoms. The zero-order valence-electron chi connectivity index (χ0n) is 5.99. The molecule has 0 atom stereocenters. The predicted octanol–water partition coefficient (Wildman–Crippen LogP) is 1.57. The van der Waals surface area contributed by atoms with Crippen LogP contribution in [-0.2, 0) is 6.54 Å². The van der Waals surface area contributed by atoms with E-state index >= 15 is 0 Å². The fraction of sp³-hybridized carbons (Fsp3) is 0.143. The van der Waals surface area contributed by atoms with Crippen molar-refractivity contribution in [2.24, 2.45) is 5.73 Å². The Morgan fingerprint density at radius 2 is 1.64 bits per heavy atom. The summed E-state index contributed by atoms with van der Waals surface area (Å²) in [6, 6.07) is 7.60. The summed E-state index contributed by atoms with van der Waals surface area (Å²) in [6.45, 7) is 0.521. The first-order valence-electron chi connectivity index (χ1n) is 2.88. The van der Waals surface area contributed by atoms with E-state index in [1.165, 1.54) is 0 Å². The molecule has 0 aliphatic rings. The molecule has 0 heterocycles. The molecule has 0 bridgehead atoms. The van der Waals surface area contributed by atoms with Gasteiger partial charge >= 0.3 is 0 Å². The van der Waals surface area contributed by atoms with Crippen LogP contribution in [0.4, 0.5) is 5.69 Å². The van der Waals surface area contributed by atoms with Crippen molar-refractivity contribution in [1.82, 2.24) is 0 Å². The van der Waals surface area contributed by atoms with Crippen molar-refractivity contribution in [3.8, 4) is 0 Å². The molecule has 0 aliphatic carbocycles. The minimum atomic E-state index is 0. The van der Waals surface area contributed by atoms with Crippen LogP contribution in [0.3, 0.4) is 0 Å². The lowest BCUT2D eigenvalue weighted by Crippen LogP contribution is -2.00. The van der Waals surface area contributed by atoms with Gasteiger partial charge in [-0.05, 0) is 11.6 Å². The van der Waals surface area contributed by atoms with Crippen molar-refractivity contribution in [1.29, 1.82) is 0 Å². The van der Waals surface area contributed by atoms with Gasteiger partial charge in [0.05, 0.1) is 0 Å². The largest absolute Gasteiger partial charge is 0.398 e. The summed E-state index contributed by atoms with van der Waals surface area (Å²) in [6.07, 6.45) is 0. The number of nitrogens with two attached hydrogens (primary N) is 2. The van der Waals surface area contributed by atoms with Crippen LogP contribution in [-0.4, -0.2) is 0 Å². The summed E-state index contributed by atoms with van der Waals surface area (Å²) in [5, 5.41) is 0. The Balaban J connectivity index is 0. The van der Waals surface area contributed by atoms with Gasteiger partial charge in [-0.1, -0.05) is 18.2 Å². The number of para-hydroxylation sites is 1. The molecule has 2 nitrogen and oxygen atoms in total. The van der Waals surface area contributed by atoms with E-state index in [0.29, 0.717) is 6.54 Å². The molecule has 1 aromatic carbocycles. The molecule has 1 aromatic rings. The molecule has 1 rings (SSSR count). The van der Waals surface area contributed by atoms with Crippen LogP contribution in [0.5, 0.6) is 0 Å². The molecular formula is C7H12Cl2N2. The number of benzene rings is 1. The van der Waals surface area contributed by atoms with E-state index in [2.05, 4.69) is 0 Å². The summed E-state index contributed by atoms with van der Waals surface area (Å²) in [5.74, 6) is 0. The van der Waals surface area contributed by atoms with E-state index in [-0.39, 0.29) is 24.8 Å². The van der Waals surface area contributed by atoms with Crippen LogP contribution in [0.2, 0.25) is 0 Å². The summed E-state index contributed by atoms with van der Waals surface area (Å²) >= 11 is 0. The molecule has 0 aliphatic heterocycles. The Labute approximate surface area is 78.8 Å². The monoisotopic (exact) mass is 194 g/mol. The molecule has 0 aromatic heterocycles. The van der Waals surface area contributed by atoms with E-state index in [4.69, 9.17) is 11.5 Å². The van der Waals surface area contributed by atoms with Crippen molar-refractivity contribution in [2.75, 3.05) is 5.73 Å². The highest BCUT2D eigenvalue weighted by atomic mass is 35.5. The van der Waals surface area contributed by atoms with Crippen LogP contribution in [0.15, 0.2) is 24.3 Å². The molecule has 0 fully saturated rings. The molecule has 0 amide bonds. The molecule has 0 spiro atoms. The molecule has 11 heavy (non-hydrogen) atoms. The van der Waals surface area contributed by atoms with Gasteiger partial charge in [-0.25, -0.2) is 0 Å². The molecule has 0 saturated heterocycles. The van der Waals surface area contributed by atoms with Gasteiger partial charge in [0.15, 0.2) is 0 Å². The van der Waals surface area contributed by atoms with Crippen LogP contribution in [0.1, 0.15) is 5.56 Å². The summed E-state index contributed by atoms with van der Waals surface area (Å²) < 4.78 is 0. The van der Waals surface area contributed by atoms with Gasteiger partial charge in [0.25, 0.3) is 0 Å². The van der Waals surface area contributed by atoms with Gasteiger partial charge in [0.2, 0.25) is 0 Å². The smallest absolute Gasteiger partial charge is 0.0359 e. The Kier molecular flexibility index (Phi) is 7.52. The van der Waals surface area contributed by atoms with Gasteiger partial charge in [-0.3, -0.25) is 0 Å². The third-order valence-corrected chi connectivity index (χ3v) is 1.28. The second-order valence-corrected chi connectivity index (χ2v) is 1.90. The van der Waals surface area contributed by atoms with E-state index in [1.807, 2.05) is 24.3 Å². The van der Waals surface area contributed by atoms with Crippen molar-refractivity contribution >= 4 is 30.5 Å². The normalized spacial score (nSPS) is 7.73. The van der Waals surface area contributed by atoms with Crippen molar-refractivity contribution in [3.05, 3.63) is 29.8 Å². The molecule has 0 saturated carbocycles. The minimum Gasteiger partial charge on any atom is -0.398 e. The van der Waals surface area contributed by atoms with Gasteiger partial charge in [-0.2, -0.15) is 0 Å². The molecule has 4 N–H and O–H groups in total. The zero-order valence-corrected chi connectivity index (χ0v) is 7.62. The van der Waals surface area contributed by atoms with E-state index in [0.717, 1.165) is 11.3 Å². The van der Waals surface area contributed by atoms with Crippen molar-refractivity contribution in [3.63, 3.8) is 0 Å². The minimum absolute atomic E-state index is 0. The first kappa shape index (κ1) is 13.2. The topological polar surface area (TPSA) is 52.0 Å². The van der Waals surface area contributed by atoms with Gasteiger partial charge in [-0.15, -0.1) is 24.8 Å². The molecular weight excluding hydrogens is 183 g/mol. The quantitative estimate of drug-likeness (QED) is 0.668. The SMILES string of the molecule is Cl.Cl.NCc1ccccc1N. The third kappa shape index (κ3) is 3.46. The average molecular weight is 195 g/mol. The lowest BCUT2D eigenvalue weighted by molar-refractivity contribution is 1.08. The molecule has 0 radical (unpaired) electrons. The van der Waals surface area contributed by atoms with E-state index in [9.17, 15) is 0 Å². The number of rotatable bonds is 1. The van der Waals surface area contributed by atoms with Crippen LogP contribution >= 0.6 is 24.8 Å². The highest BCUT2D eigenvalue weighted by molar-refractivity contribution is 5.85. The zero-order chi connectivity index (χ0) is 6.69. The first-order chi connectivity index (χ1) is 4.34. The summed E-state index contributed by atoms with van der Waals surface area (Å²) in [7, 11) is 0. The average Bonchev–Trinajstić information content (AvgIpc) is 1.89. The van der Waals surface area contributed by atoms with Crippen LogP contribution in [0, 0.1) is 0 Å². The molecule has 64 valence electrons. The Hall–Kier alpha value is -0.440. The molecule has 0 unspecified atom stereocenters. The number of hydrogen-bond acceptors (Lipinski definition) is 2. The van der Waals surface area contributed by atoms with Crippen LogP contribution in [0.25, 0.3) is 0 Å². The maximum Gasteiger partial charge on any atom is 0.0359 e. The predicted molar refractivity (Wildman–Crippen MR) is 53.2 cm³/mol. The third-order valence-electron chi connectivity index (χ3n) is 1.28. The highest BCUT2D eigenvalue weighted by Gasteiger charge is 1.90. The van der Waals surface area contributed by atoms with Gasteiger partial charge in [0, 0.05) is 12.2 Å². The highest BCUT2D eigenvalue weighted by Crippen LogP contribution is 2.07.